The van der Waals surface area contributed by atoms with E-state index in [4.69, 9.17) is 9.84 Å². The molecule has 1 aliphatic heterocycles. The van der Waals surface area contributed by atoms with Gasteiger partial charge in [0, 0.05) is 18.7 Å². The Morgan fingerprint density at radius 3 is 2.37 bits per heavy atom. The molecule has 1 fully saturated rings. The second-order valence-electron chi connectivity index (χ2n) is 4.52. The van der Waals surface area contributed by atoms with Gasteiger partial charge in [0.1, 0.15) is 5.75 Å². The fourth-order valence-corrected chi connectivity index (χ4v) is 2.05. The highest BCUT2D eigenvalue weighted by Gasteiger charge is 2.19. The highest BCUT2D eigenvalue weighted by atomic mass is 16.5. The third kappa shape index (κ3) is 3.71. The molecule has 2 rings (SSSR count). The van der Waals surface area contributed by atoms with Crippen molar-refractivity contribution in [1.82, 2.24) is 4.90 Å². The molecule has 1 aromatic carbocycles. The van der Waals surface area contributed by atoms with E-state index in [0.29, 0.717) is 11.3 Å². The van der Waals surface area contributed by atoms with E-state index in [2.05, 4.69) is 0 Å². The van der Waals surface area contributed by atoms with Crippen molar-refractivity contribution >= 4 is 11.9 Å². The summed E-state index contributed by atoms with van der Waals surface area (Å²) in [6.45, 7) is 1.79. The predicted octanol–water partition coefficient (Wildman–Crippen LogP) is 1.78. The van der Waals surface area contributed by atoms with Crippen LogP contribution in [0.2, 0.25) is 0 Å². The van der Waals surface area contributed by atoms with Crippen LogP contribution < -0.4 is 4.74 Å². The molecular formula is C14H17NO4. The van der Waals surface area contributed by atoms with E-state index in [-0.39, 0.29) is 18.9 Å². The smallest absolute Gasteiger partial charge is 0.306 e. The summed E-state index contributed by atoms with van der Waals surface area (Å²) in [4.78, 5) is 24.3. The fourth-order valence-electron chi connectivity index (χ4n) is 2.05. The lowest BCUT2D eigenvalue weighted by atomic mass is 10.2. The molecule has 1 N–H and O–H groups in total. The molecule has 5 heteroatoms. The van der Waals surface area contributed by atoms with Crippen molar-refractivity contribution < 1.29 is 19.4 Å². The third-order valence-electron chi connectivity index (χ3n) is 3.08. The monoisotopic (exact) mass is 263 g/mol. The minimum Gasteiger partial charge on any atom is -0.493 e. The number of ether oxygens (including phenoxy) is 1. The summed E-state index contributed by atoms with van der Waals surface area (Å²) in [5.41, 5.74) is 0.646. The van der Waals surface area contributed by atoms with Gasteiger partial charge in [0.25, 0.3) is 5.91 Å². The van der Waals surface area contributed by atoms with Crippen molar-refractivity contribution in [3.05, 3.63) is 29.8 Å². The van der Waals surface area contributed by atoms with Crippen LogP contribution in [0.5, 0.6) is 5.75 Å². The van der Waals surface area contributed by atoms with Gasteiger partial charge in [-0.1, -0.05) is 0 Å². The molecule has 0 bridgehead atoms. The van der Waals surface area contributed by atoms with Crippen LogP contribution in [0.15, 0.2) is 24.3 Å². The van der Waals surface area contributed by atoms with E-state index < -0.39 is 5.97 Å². The number of carboxylic acid groups (broad SMARTS) is 1. The molecule has 1 heterocycles. The number of benzene rings is 1. The highest BCUT2D eigenvalue weighted by Crippen LogP contribution is 2.16. The van der Waals surface area contributed by atoms with Crippen LogP contribution in [-0.4, -0.2) is 41.6 Å². The van der Waals surface area contributed by atoms with Gasteiger partial charge >= 0.3 is 5.97 Å². The van der Waals surface area contributed by atoms with Crippen LogP contribution in [0.3, 0.4) is 0 Å². The minimum absolute atomic E-state index is 0.0333. The Hall–Kier alpha value is -2.04. The number of carbonyl (C=O) groups is 2. The number of carbonyl (C=O) groups excluding carboxylic acids is 1. The molecule has 1 aliphatic rings. The SMILES string of the molecule is O=C(O)CCOc1ccc(C(=O)N2CCCC2)cc1. The Labute approximate surface area is 111 Å². The first kappa shape index (κ1) is 13.4. The summed E-state index contributed by atoms with van der Waals surface area (Å²) in [5, 5.41) is 8.50. The lowest BCUT2D eigenvalue weighted by Crippen LogP contribution is -2.27. The molecule has 0 spiro atoms. The number of aliphatic carboxylic acids is 1. The maximum Gasteiger partial charge on any atom is 0.306 e. The lowest BCUT2D eigenvalue weighted by molar-refractivity contribution is -0.137. The molecule has 0 saturated carbocycles. The molecule has 0 unspecified atom stereocenters. The largest absolute Gasteiger partial charge is 0.493 e. The Kier molecular flexibility index (Phi) is 4.39. The van der Waals surface area contributed by atoms with Gasteiger partial charge in [-0.25, -0.2) is 0 Å². The van der Waals surface area contributed by atoms with Crippen LogP contribution in [0, 0.1) is 0 Å². The number of hydrogen-bond donors (Lipinski definition) is 1. The van der Waals surface area contributed by atoms with Crippen molar-refractivity contribution in [1.29, 1.82) is 0 Å². The second kappa shape index (κ2) is 6.22. The first-order valence-electron chi connectivity index (χ1n) is 6.41. The fraction of sp³-hybridized carbons (Fsp3) is 0.429. The summed E-state index contributed by atoms with van der Waals surface area (Å²) >= 11 is 0. The van der Waals surface area contributed by atoms with Crippen LogP contribution in [0.25, 0.3) is 0 Å². The zero-order valence-electron chi connectivity index (χ0n) is 10.7. The lowest BCUT2D eigenvalue weighted by Gasteiger charge is -2.15. The molecule has 1 aromatic rings. The van der Waals surface area contributed by atoms with Crippen LogP contribution in [-0.2, 0) is 4.79 Å². The summed E-state index contributed by atoms with van der Waals surface area (Å²) in [7, 11) is 0. The van der Waals surface area contributed by atoms with E-state index >= 15 is 0 Å². The van der Waals surface area contributed by atoms with Crippen molar-refractivity contribution in [2.45, 2.75) is 19.3 Å². The van der Waals surface area contributed by atoms with Gasteiger partial charge < -0.3 is 14.7 Å². The molecular weight excluding hydrogens is 246 g/mol. The minimum atomic E-state index is -0.888. The summed E-state index contributed by atoms with van der Waals surface area (Å²) in [6.07, 6.45) is 2.11. The van der Waals surface area contributed by atoms with Gasteiger partial charge in [0.2, 0.25) is 0 Å². The number of carboxylic acids is 1. The van der Waals surface area contributed by atoms with Gasteiger partial charge in [-0.05, 0) is 37.1 Å². The average molecular weight is 263 g/mol. The molecule has 5 nitrogen and oxygen atoms in total. The highest BCUT2D eigenvalue weighted by molar-refractivity contribution is 5.94. The first-order chi connectivity index (χ1) is 9.16. The number of likely N-dealkylation sites (tertiary alicyclic amines) is 1. The quantitative estimate of drug-likeness (QED) is 0.879. The number of hydrogen-bond acceptors (Lipinski definition) is 3. The topological polar surface area (TPSA) is 66.8 Å². The molecule has 19 heavy (non-hydrogen) atoms. The number of amides is 1. The van der Waals surface area contributed by atoms with Crippen LogP contribution >= 0.6 is 0 Å². The Morgan fingerprint density at radius 2 is 1.79 bits per heavy atom. The molecule has 0 aromatic heterocycles. The van der Waals surface area contributed by atoms with Crippen molar-refractivity contribution in [3.8, 4) is 5.75 Å². The predicted molar refractivity (Wildman–Crippen MR) is 69.3 cm³/mol. The molecule has 1 saturated heterocycles. The number of rotatable bonds is 5. The Balaban J connectivity index is 1.90. The van der Waals surface area contributed by atoms with E-state index in [0.717, 1.165) is 25.9 Å². The zero-order valence-corrected chi connectivity index (χ0v) is 10.7. The maximum atomic E-state index is 12.1. The summed E-state index contributed by atoms with van der Waals surface area (Å²) in [6, 6.07) is 6.84. The third-order valence-corrected chi connectivity index (χ3v) is 3.08. The van der Waals surface area contributed by atoms with Gasteiger partial charge in [-0.3, -0.25) is 9.59 Å². The normalized spacial score (nSPS) is 14.4. The Bertz CT molecular complexity index is 449. The Morgan fingerprint density at radius 1 is 1.16 bits per heavy atom. The molecule has 0 atom stereocenters. The van der Waals surface area contributed by atoms with E-state index in [1.165, 1.54) is 0 Å². The van der Waals surface area contributed by atoms with Crippen molar-refractivity contribution in [2.24, 2.45) is 0 Å². The van der Waals surface area contributed by atoms with E-state index in [9.17, 15) is 9.59 Å². The molecule has 102 valence electrons. The van der Waals surface area contributed by atoms with Gasteiger partial charge in [-0.2, -0.15) is 0 Å². The van der Waals surface area contributed by atoms with Crippen molar-refractivity contribution in [3.63, 3.8) is 0 Å². The summed E-state index contributed by atoms with van der Waals surface area (Å²) in [5.74, 6) is -0.255. The first-order valence-corrected chi connectivity index (χ1v) is 6.41. The van der Waals surface area contributed by atoms with E-state index in [1.807, 2.05) is 4.90 Å². The molecule has 0 aliphatic carbocycles. The van der Waals surface area contributed by atoms with Gasteiger partial charge in [0.05, 0.1) is 13.0 Å². The van der Waals surface area contributed by atoms with Crippen LogP contribution in [0.4, 0.5) is 0 Å². The second-order valence-corrected chi connectivity index (χ2v) is 4.52. The van der Waals surface area contributed by atoms with E-state index in [1.54, 1.807) is 24.3 Å². The van der Waals surface area contributed by atoms with Crippen LogP contribution in [0.1, 0.15) is 29.6 Å². The standard InChI is InChI=1S/C14H17NO4/c16-13(17)7-10-19-12-5-3-11(4-6-12)14(18)15-8-1-2-9-15/h3-6H,1-2,7-10H2,(H,16,17). The maximum absolute atomic E-state index is 12.1. The van der Waals surface area contributed by atoms with Gasteiger partial charge in [-0.15, -0.1) is 0 Å². The zero-order chi connectivity index (χ0) is 13.7. The van der Waals surface area contributed by atoms with Gasteiger partial charge in [0.15, 0.2) is 0 Å². The molecule has 1 amide bonds. The number of nitrogens with zero attached hydrogens (tertiary/aromatic N) is 1. The average Bonchev–Trinajstić information content (AvgIpc) is 2.92. The molecule has 0 radical (unpaired) electrons. The summed E-state index contributed by atoms with van der Waals surface area (Å²) < 4.78 is 5.27. The van der Waals surface area contributed by atoms with Crippen molar-refractivity contribution in [2.75, 3.05) is 19.7 Å².